The molecule has 1 aromatic heterocycles. The van der Waals surface area contributed by atoms with Gasteiger partial charge in [-0.15, -0.1) is 10.2 Å². The summed E-state index contributed by atoms with van der Waals surface area (Å²) in [5.74, 6) is 0.682. The molecular weight excluding hydrogens is 368 g/mol. The average molecular weight is 382 g/mol. The fourth-order valence-electron chi connectivity index (χ4n) is 1.52. The monoisotopic (exact) mass is 382 g/mol. The molecule has 2 rings (SSSR count). The van der Waals surface area contributed by atoms with Crippen LogP contribution in [0.4, 0.5) is 11.4 Å². The highest BCUT2D eigenvalue weighted by Crippen LogP contribution is 2.29. The summed E-state index contributed by atoms with van der Waals surface area (Å²) < 4.78 is 1.54. The Kier molecular flexibility index (Phi) is 6.76. The highest BCUT2D eigenvalue weighted by molar-refractivity contribution is 8.03. The minimum absolute atomic E-state index is 0.0660. The molecule has 0 spiro atoms. The summed E-state index contributed by atoms with van der Waals surface area (Å²) in [4.78, 5) is 22.1. The van der Waals surface area contributed by atoms with Gasteiger partial charge in [0.1, 0.15) is 0 Å². The average Bonchev–Trinajstić information content (AvgIpc) is 2.99. The lowest BCUT2D eigenvalue weighted by Crippen LogP contribution is -2.14. The van der Waals surface area contributed by atoms with Crippen molar-refractivity contribution >= 4 is 52.1 Å². The summed E-state index contributed by atoms with van der Waals surface area (Å²) in [5, 5.41) is 21.4. The highest BCUT2D eigenvalue weighted by atomic mass is 32.2. The zero-order valence-corrected chi connectivity index (χ0v) is 15.2. The lowest BCUT2D eigenvalue weighted by Gasteiger charge is -2.03. The van der Waals surface area contributed by atoms with Gasteiger partial charge in [0.2, 0.25) is 5.91 Å². The van der Waals surface area contributed by atoms with Gasteiger partial charge in [0, 0.05) is 23.6 Å². The van der Waals surface area contributed by atoms with Gasteiger partial charge in [-0.1, -0.05) is 53.1 Å². The van der Waals surface area contributed by atoms with E-state index in [1.807, 2.05) is 6.92 Å². The first-order valence-corrected chi connectivity index (χ1v) is 9.50. The number of amides is 1. The Morgan fingerprint density at radius 1 is 1.33 bits per heavy atom. The third-order valence-electron chi connectivity index (χ3n) is 2.50. The summed E-state index contributed by atoms with van der Waals surface area (Å²) in [5.41, 5.74) is 1.38. The van der Waals surface area contributed by atoms with Crippen LogP contribution in [-0.2, 0) is 4.79 Å². The van der Waals surface area contributed by atoms with E-state index in [0.717, 1.165) is 15.7 Å². The second-order valence-electron chi connectivity index (χ2n) is 4.72. The van der Waals surface area contributed by atoms with Crippen LogP contribution in [0.3, 0.4) is 0 Å². The van der Waals surface area contributed by atoms with Gasteiger partial charge in [0.15, 0.2) is 8.68 Å². The number of thioether (sulfide) groups is 2. The number of nitrogens with one attached hydrogen (secondary N) is 1. The third-order valence-corrected chi connectivity index (χ3v) is 5.92. The summed E-state index contributed by atoms with van der Waals surface area (Å²) >= 11 is 4.26. The van der Waals surface area contributed by atoms with Gasteiger partial charge < -0.3 is 5.32 Å². The van der Waals surface area contributed by atoms with E-state index in [4.69, 9.17) is 0 Å². The maximum Gasteiger partial charge on any atom is 0.271 e. The number of carbonyl (C=O) groups is 1. The molecule has 0 saturated heterocycles. The molecule has 126 valence electrons. The molecule has 24 heavy (non-hydrogen) atoms. The molecule has 0 atom stereocenters. The van der Waals surface area contributed by atoms with Crippen molar-refractivity contribution in [1.82, 2.24) is 10.2 Å². The topological polar surface area (TPSA) is 98.0 Å². The first kappa shape index (κ1) is 18.4. The maximum atomic E-state index is 11.9. The number of anilines is 1. The number of carbonyl (C=O) groups excluding carboxylic acids is 1. The number of non-ortho nitro benzene ring substituents is 1. The van der Waals surface area contributed by atoms with Crippen molar-refractivity contribution in [3.05, 3.63) is 46.5 Å². The normalized spacial score (nSPS) is 10.4. The van der Waals surface area contributed by atoms with Gasteiger partial charge in [0.05, 0.1) is 10.7 Å². The zero-order valence-electron chi connectivity index (χ0n) is 12.7. The molecular formula is C14H14N4O3S3. The van der Waals surface area contributed by atoms with Gasteiger partial charge in [-0.25, -0.2) is 0 Å². The summed E-state index contributed by atoms with van der Waals surface area (Å²) in [6, 6.07) is 5.82. The summed E-state index contributed by atoms with van der Waals surface area (Å²) in [6.45, 7) is 5.78. The maximum absolute atomic E-state index is 11.9. The van der Waals surface area contributed by atoms with E-state index in [0.29, 0.717) is 10.0 Å². The first-order valence-electron chi connectivity index (χ1n) is 6.72. The number of benzene rings is 1. The van der Waals surface area contributed by atoms with Gasteiger partial charge in [0.25, 0.3) is 5.69 Å². The number of nitro benzene ring substituents is 1. The van der Waals surface area contributed by atoms with Crippen LogP contribution in [0.25, 0.3) is 0 Å². The zero-order chi connectivity index (χ0) is 17.5. The van der Waals surface area contributed by atoms with E-state index >= 15 is 0 Å². The van der Waals surface area contributed by atoms with E-state index in [9.17, 15) is 14.9 Å². The lowest BCUT2D eigenvalue weighted by molar-refractivity contribution is -0.384. The van der Waals surface area contributed by atoms with E-state index < -0.39 is 4.92 Å². The Hall–Kier alpha value is -1.91. The molecule has 0 aliphatic heterocycles. The van der Waals surface area contributed by atoms with Crippen molar-refractivity contribution in [3.8, 4) is 0 Å². The van der Waals surface area contributed by atoms with Crippen molar-refractivity contribution in [1.29, 1.82) is 0 Å². The molecule has 0 fully saturated rings. The van der Waals surface area contributed by atoms with E-state index in [-0.39, 0.29) is 17.3 Å². The molecule has 1 amide bonds. The number of nitro groups is 1. The Labute approximate surface area is 151 Å². The van der Waals surface area contributed by atoms with Crippen molar-refractivity contribution < 1.29 is 9.72 Å². The predicted octanol–water partition coefficient (Wildman–Crippen LogP) is 3.85. The number of aromatic nitrogens is 2. The molecule has 1 N–H and O–H groups in total. The Bertz CT molecular complexity index is 763. The number of hydrogen-bond donors (Lipinski definition) is 1. The second-order valence-corrected chi connectivity index (χ2v) is 8.15. The summed E-state index contributed by atoms with van der Waals surface area (Å²) in [6.07, 6.45) is 0. The van der Waals surface area contributed by atoms with Crippen molar-refractivity contribution in [3.63, 3.8) is 0 Å². The second kappa shape index (κ2) is 8.81. The molecule has 1 aromatic carbocycles. The molecule has 0 unspecified atom stereocenters. The fraction of sp³-hybridized carbons (Fsp3) is 0.214. The molecule has 0 radical (unpaired) electrons. The van der Waals surface area contributed by atoms with Gasteiger partial charge >= 0.3 is 0 Å². The van der Waals surface area contributed by atoms with Crippen LogP contribution in [0, 0.1) is 10.1 Å². The number of hydrogen-bond acceptors (Lipinski definition) is 8. The van der Waals surface area contributed by atoms with Crippen LogP contribution in [0.15, 0.2) is 45.1 Å². The minimum Gasteiger partial charge on any atom is -0.325 e. The molecule has 0 saturated carbocycles. The van der Waals surface area contributed by atoms with Gasteiger partial charge in [-0.2, -0.15) is 0 Å². The van der Waals surface area contributed by atoms with Crippen LogP contribution >= 0.6 is 34.9 Å². The summed E-state index contributed by atoms with van der Waals surface area (Å²) in [7, 11) is 0. The van der Waals surface area contributed by atoms with Gasteiger partial charge in [-0.05, 0) is 13.0 Å². The molecule has 0 aliphatic rings. The van der Waals surface area contributed by atoms with Crippen molar-refractivity contribution in [2.45, 2.75) is 15.6 Å². The third kappa shape index (κ3) is 5.95. The largest absolute Gasteiger partial charge is 0.325 e. The van der Waals surface area contributed by atoms with Crippen LogP contribution in [-0.4, -0.2) is 32.5 Å². The van der Waals surface area contributed by atoms with Crippen LogP contribution < -0.4 is 5.32 Å². The number of rotatable bonds is 8. The van der Waals surface area contributed by atoms with Crippen LogP contribution in [0.5, 0.6) is 0 Å². The van der Waals surface area contributed by atoms with Crippen LogP contribution in [0.2, 0.25) is 0 Å². The predicted molar refractivity (Wildman–Crippen MR) is 97.9 cm³/mol. The standard InChI is InChI=1S/C14H14N4O3S3/c1-9(2)7-22-13-16-17-14(24-13)23-8-12(19)15-10-4-3-5-11(6-10)18(20)21/h3-6H,1,7-8H2,2H3,(H,15,19). The Morgan fingerprint density at radius 2 is 2.00 bits per heavy atom. The first-order chi connectivity index (χ1) is 11.4. The molecule has 10 heteroatoms. The molecule has 1 heterocycles. The minimum atomic E-state index is -0.504. The quantitative estimate of drug-likeness (QED) is 0.320. The SMILES string of the molecule is C=C(C)CSc1nnc(SCC(=O)Nc2cccc([N+](=O)[O-])c2)s1. The van der Waals surface area contributed by atoms with E-state index in [1.165, 1.54) is 41.3 Å². The molecule has 7 nitrogen and oxygen atoms in total. The van der Waals surface area contributed by atoms with E-state index in [2.05, 4.69) is 22.1 Å². The highest BCUT2D eigenvalue weighted by Gasteiger charge is 2.11. The van der Waals surface area contributed by atoms with Gasteiger partial charge in [-0.3, -0.25) is 14.9 Å². The van der Waals surface area contributed by atoms with Crippen molar-refractivity contribution in [2.24, 2.45) is 0 Å². The van der Waals surface area contributed by atoms with Crippen molar-refractivity contribution in [2.75, 3.05) is 16.8 Å². The smallest absolute Gasteiger partial charge is 0.271 e. The molecule has 2 aromatic rings. The molecule has 0 bridgehead atoms. The Balaban J connectivity index is 1.84. The van der Waals surface area contributed by atoms with Crippen LogP contribution in [0.1, 0.15) is 6.92 Å². The fourth-order valence-corrected chi connectivity index (χ4v) is 4.18. The van der Waals surface area contributed by atoms with E-state index in [1.54, 1.807) is 17.8 Å². The molecule has 0 aliphatic carbocycles. The lowest BCUT2D eigenvalue weighted by atomic mass is 10.3. The Morgan fingerprint density at radius 3 is 2.62 bits per heavy atom. The number of nitrogens with zero attached hydrogens (tertiary/aromatic N) is 3.